The molecule has 0 bridgehead atoms. The minimum absolute atomic E-state index is 0.0389. The highest BCUT2D eigenvalue weighted by Crippen LogP contribution is 2.24. The van der Waals surface area contributed by atoms with E-state index in [0.717, 1.165) is 16.5 Å². The Morgan fingerprint density at radius 2 is 2.19 bits per heavy atom. The Morgan fingerprint density at radius 1 is 1.48 bits per heavy atom. The molecule has 2 amide bonds. The van der Waals surface area contributed by atoms with Gasteiger partial charge in [0.2, 0.25) is 11.8 Å². The predicted molar refractivity (Wildman–Crippen MR) is 86.0 cm³/mol. The van der Waals surface area contributed by atoms with Crippen molar-refractivity contribution in [3.8, 4) is 0 Å². The molecule has 0 aromatic heterocycles. The van der Waals surface area contributed by atoms with Gasteiger partial charge in [-0.25, -0.2) is 0 Å². The Labute approximate surface area is 138 Å². The number of hydrogen-bond acceptors (Lipinski definition) is 2. The average Bonchev–Trinajstić information content (AvgIpc) is 2.44. The highest BCUT2D eigenvalue weighted by Gasteiger charge is 2.35. The molecule has 2 unspecified atom stereocenters. The molecule has 0 aliphatic carbocycles. The number of rotatable bonds is 4. The summed E-state index contributed by atoms with van der Waals surface area (Å²) in [6.45, 7) is 4.41. The van der Waals surface area contributed by atoms with Gasteiger partial charge in [-0.3, -0.25) is 9.59 Å². The van der Waals surface area contributed by atoms with Crippen molar-refractivity contribution in [1.29, 1.82) is 0 Å². The molecule has 4 nitrogen and oxygen atoms in total. The number of carbonyl (C=O) groups is 2. The SMILES string of the molecule is CCC(C)C1NC(=O)CN(Cc2ccc(Br)cc2Cl)C1=O. The van der Waals surface area contributed by atoms with E-state index in [9.17, 15) is 9.59 Å². The molecule has 114 valence electrons. The summed E-state index contributed by atoms with van der Waals surface area (Å²) < 4.78 is 0.886. The molecule has 1 heterocycles. The fourth-order valence-corrected chi connectivity index (χ4v) is 3.07. The molecule has 0 spiro atoms. The Hall–Kier alpha value is -1.07. The minimum Gasteiger partial charge on any atom is -0.342 e. The zero-order valence-corrected chi connectivity index (χ0v) is 14.4. The molecule has 1 aromatic rings. The van der Waals surface area contributed by atoms with Gasteiger partial charge in [0.05, 0.1) is 6.54 Å². The fraction of sp³-hybridized carbons (Fsp3) is 0.467. The third-order valence-electron chi connectivity index (χ3n) is 3.82. The monoisotopic (exact) mass is 372 g/mol. The normalized spacial score (nSPS) is 20.4. The first kappa shape index (κ1) is 16.3. The number of carbonyl (C=O) groups excluding carboxylic acids is 2. The van der Waals surface area contributed by atoms with Crippen LogP contribution in [0.15, 0.2) is 22.7 Å². The summed E-state index contributed by atoms with van der Waals surface area (Å²) in [5.41, 5.74) is 0.839. The van der Waals surface area contributed by atoms with Crippen LogP contribution in [-0.2, 0) is 16.1 Å². The third kappa shape index (κ3) is 3.77. The van der Waals surface area contributed by atoms with Crippen LogP contribution in [0, 0.1) is 5.92 Å². The van der Waals surface area contributed by atoms with Crippen LogP contribution in [0.3, 0.4) is 0 Å². The fourth-order valence-electron chi connectivity index (χ4n) is 2.34. The largest absolute Gasteiger partial charge is 0.342 e. The smallest absolute Gasteiger partial charge is 0.246 e. The van der Waals surface area contributed by atoms with E-state index in [0.29, 0.717) is 11.6 Å². The lowest BCUT2D eigenvalue weighted by atomic mass is 9.96. The molecular weight excluding hydrogens is 356 g/mol. The topological polar surface area (TPSA) is 49.4 Å². The van der Waals surface area contributed by atoms with Crippen LogP contribution in [0.25, 0.3) is 0 Å². The number of piperazine rings is 1. The maximum atomic E-state index is 12.5. The molecule has 0 saturated carbocycles. The number of nitrogens with zero attached hydrogens (tertiary/aromatic N) is 1. The Morgan fingerprint density at radius 3 is 2.81 bits per heavy atom. The zero-order valence-electron chi connectivity index (χ0n) is 12.0. The highest BCUT2D eigenvalue weighted by atomic mass is 79.9. The van der Waals surface area contributed by atoms with Gasteiger partial charge in [-0.05, 0) is 23.6 Å². The van der Waals surface area contributed by atoms with Crippen molar-refractivity contribution in [2.45, 2.75) is 32.9 Å². The van der Waals surface area contributed by atoms with E-state index >= 15 is 0 Å². The molecule has 1 fully saturated rings. The van der Waals surface area contributed by atoms with Crippen molar-refractivity contribution >= 4 is 39.3 Å². The Balaban J connectivity index is 2.18. The quantitative estimate of drug-likeness (QED) is 0.882. The van der Waals surface area contributed by atoms with Crippen LogP contribution in [-0.4, -0.2) is 29.3 Å². The number of benzene rings is 1. The van der Waals surface area contributed by atoms with Crippen LogP contribution >= 0.6 is 27.5 Å². The van der Waals surface area contributed by atoms with Crippen molar-refractivity contribution < 1.29 is 9.59 Å². The second-order valence-corrected chi connectivity index (χ2v) is 6.68. The molecule has 1 aliphatic heterocycles. The molecular formula is C15H18BrClN2O2. The molecule has 2 atom stereocenters. The van der Waals surface area contributed by atoms with Gasteiger partial charge in [-0.2, -0.15) is 0 Å². The van der Waals surface area contributed by atoms with Gasteiger partial charge in [-0.15, -0.1) is 0 Å². The van der Waals surface area contributed by atoms with Crippen molar-refractivity contribution in [2.24, 2.45) is 5.92 Å². The number of amides is 2. The molecule has 1 N–H and O–H groups in total. The average molecular weight is 374 g/mol. The van der Waals surface area contributed by atoms with Crippen LogP contribution in [0.2, 0.25) is 5.02 Å². The molecule has 2 rings (SSSR count). The maximum Gasteiger partial charge on any atom is 0.246 e. The van der Waals surface area contributed by atoms with E-state index in [2.05, 4.69) is 21.2 Å². The summed E-state index contributed by atoms with van der Waals surface area (Å²) in [5.74, 6) is -0.0410. The van der Waals surface area contributed by atoms with E-state index in [1.54, 1.807) is 11.0 Å². The standard InChI is InChI=1S/C15H18BrClN2O2/c1-3-9(2)14-15(21)19(8-13(20)18-14)7-10-4-5-11(16)6-12(10)17/h4-6,9,14H,3,7-8H2,1-2H3,(H,18,20). The Bertz CT molecular complexity index is 565. The van der Waals surface area contributed by atoms with Crippen molar-refractivity contribution in [1.82, 2.24) is 10.2 Å². The molecule has 1 aromatic carbocycles. The van der Waals surface area contributed by atoms with Gasteiger partial charge >= 0.3 is 0 Å². The van der Waals surface area contributed by atoms with Crippen LogP contribution in [0.5, 0.6) is 0 Å². The van der Waals surface area contributed by atoms with Crippen molar-refractivity contribution in [3.63, 3.8) is 0 Å². The predicted octanol–water partition coefficient (Wildman–Crippen LogP) is 2.98. The van der Waals surface area contributed by atoms with E-state index in [4.69, 9.17) is 11.6 Å². The Kier molecular flexibility index (Phi) is 5.27. The van der Waals surface area contributed by atoms with Gasteiger partial charge in [-0.1, -0.05) is 53.9 Å². The van der Waals surface area contributed by atoms with Gasteiger partial charge < -0.3 is 10.2 Å². The molecule has 0 radical (unpaired) electrons. The molecule has 1 saturated heterocycles. The van der Waals surface area contributed by atoms with E-state index in [1.165, 1.54) is 0 Å². The lowest BCUT2D eigenvalue weighted by molar-refractivity contribution is -0.146. The van der Waals surface area contributed by atoms with Crippen LogP contribution in [0.4, 0.5) is 0 Å². The summed E-state index contributed by atoms with van der Waals surface area (Å²) in [6.07, 6.45) is 0.837. The van der Waals surface area contributed by atoms with Gasteiger partial charge in [0.1, 0.15) is 6.04 Å². The summed E-state index contributed by atoms with van der Waals surface area (Å²) in [5, 5.41) is 3.37. The number of hydrogen-bond donors (Lipinski definition) is 1. The second kappa shape index (κ2) is 6.79. The lowest BCUT2D eigenvalue weighted by Gasteiger charge is -2.35. The van der Waals surface area contributed by atoms with Crippen LogP contribution in [0.1, 0.15) is 25.8 Å². The van der Waals surface area contributed by atoms with E-state index < -0.39 is 6.04 Å². The van der Waals surface area contributed by atoms with Crippen LogP contribution < -0.4 is 5.32 Å². The van der Waals surface area contributed by atoms with Crippen molar-refractivity contribution in [2.75, 3.05) is 6.54 Å². The second-order valence-electron chi connectivity index (χ2n) is 5.36. The number of nitrogens with one attached hydrogen (secondary N) is 1. The van der Waals surface area contributed by atoms with Gasteiger partial charge in [0.15, 0.2) is 0 Å². The first-order valence-electron chi connectivity index (χ1n) is 6.94. The highest BCUT2D eigenvalue weighted by molar-refractivity contribution is 9.10. The first-order chi connectivity index (χ1) is 9.92. The van der Waals surface area contributed by atoms with E-state index in [-0.39, 0.29) is 24.3 Å². The molecule has 6 heteroatoms. The zero-order chi connectivity index (χ0) is 15.6. The van der Waals surface area contributed by atoms with Crippen molar-refractivity contribution in [3.05, 3.63) is 33.3 Å². The van der Waals surface area contributed by atoms with Gasteiger partial charge in [0, 0.05) is 16.0 Å². The van der Waals surface area contributed by atoms with Gasteiger partial charge in [0.25, 0.3) is 0 Å². The minimum atomic E-state index is -0.439. The first-order valence-corrected chi connectivity index (χ1v) is 8.11. The van der Waals surface area contributed by atoms with E-state index in [1.807, 2.05) is 26.0 Å². The third-order valence-corrected chi connectivity index (χ3v) is 4.66. The summed E-state index contributed by atoms with van der Waals surface area (Å²) >= 11 is 9.54. The lowest BCUT2D eigenvalue weighted by Crippen LogP contribution is -2.59. The summed E-state index contributed by atoms with van der Waals surface area (Å²) in [7, 11) is 0. The number of halogens is 2. The molecule has 21 heavy (non-hydrogen) atoms. The summed E-state index contributed by atoms with van der Waals surface area (Å²) in [6, 6.07) is 5.09. The maximum absolute atomic E-state index is 12.5. The summed E-state index contributed by atoms with van der Waals surface area (Å²) in [4.78, 5) is 25.9. The molecule has 1 aliphatic rings.